The number of fused-ring (bicyclic) bond motifs is 1. The van der Waals surface area contributed by atoms with Gasteiger partial charge in [0.15, 0.2) is 17.7 Å². The van der Waals surface area contributed by atoms with Crippen LogP contribution in [0.3, 0.4) is 0 Å². The Labute approximate surface area is 151 Å². The summed E-state index contributed by atoms with van der Waals surface area (Å²) in [6.45, 7) is -0.390. The average molecular weight is 429 g/mol. The van der Waals surface area contributed by atoms with Gasteiger partial charge in [0.05, 0.1) is 12.9 Å². The minimum Gasteiger partial charge on any atom is -0.394 e. The van der Waals surface area contributed by atoms with Gasteiger partial charge in [-0.1, -0.05) is 0 Å². The summed E-state index contributed by atoms with van der Waals surface area (Å²) in [6, 6.07) is 0. The summed E-state index contributed by atoms with van der Waals surface area (Å²) in [5, 5.41) is 28.7. The SMILES string of the molecule is Nc1ncnc2c1ncn2[C@@H]1O[C@H](CO)[C@@H](O)[C@H]1O.O=[PH](O)OP(=O)(O)O. The van der Waals surface area contributed by atoms with Crippen molar-refractivity contribution in [2.45, 2.75) is 24.5 Å². The number of nitrogens with two attached hydrogens (primary N) is 1. The molecule has 1 unspecified atom stereocenters. The smallest absolute Gasteiger partial charge is 0.394 e. The number of hydrogen-bond donors (Lipinski definition) is 7. The Morgan fingerprint density at radius 2 is 1.96 bits per heavy atom. The highest BCUT2D eigenvalue weighted by Crippen LogP contribution is 2.45. The molecule has 0 bridgehead atoms. The third-order valence-electron chi connectivity index (χ3n) is 3.38. The first kappa shape index (κ1) is 21.8. The quantitative estimate of drug-likeness (QED) is 0.248. The predicted molar refractivity (Wildman–Crippen MR) is 87.1 cm³/mol. The molecule has 3 rings (SSSR count). The second-order valence-electron chi connectivity index (χ2n) is 5.16. The summed E-state index contributed by atoms with van der Waals surface area (Å²) >= 11 is 0. The molecule has 0 spiro atoms. The Morgan fingerprint density at radius 1 is 1.30 bits per heavy atom. The van der Waals surface area contributed by atoms with Crippen LogP contribution in [0.25, 0.3) is 11.2 Å². The van der Waals surface area contributed by atoms with Gasteiger partial charge in [-0.3, -0.25) is 9.13 Å². The standard InChI is InChI=1S/C10H13N5O4.H4O6P2/c11-8-5-9(13-2-12-8)15(3-14-5)10-7(18)6(17)4(1-16)19-10;1-7(2)6-8(3,4)5/h2-4,6-7,10,16-18H,1H2,(H2,11,12,13);7H,(H,1,2)(H2,3,4,5)/t4-,6-,7-,10-;/m1./s1. The van der Waals surface area contributed by atoms with Crippen molar-refractivity contribution in [2.24, 2.45) is 0 Å². The zero-order valence-electron chi connectivity index (χ0n) is 13.3. The van der Waals surface area contributed by atoms with Gasteiger partial charge < -0.3 is 40.5 Å². The van der Waals surface area contributed by atoms with E-state index in [0.29, 0.717) is 11.2 Å². The second kappa shape index (κ2) is 8.67. The maximum Gasteiger partial charge on any atom is 0.476 e. The number of hydrogen-bond acceptors (Lipinski definition) is 11. The molecular formula is C10H17N5O10P2. The molecule has 0 aromatic carbocycles. The molecule has 1 fully saturated rings. The Balaban J connectivity index is 0.000000279. The number of ether oxygens (including phenoxy) is 1. The number of aromatic nitrogens is 4. The Bertz CT molecular complexity index is 858. The molecule has 0 amide bonds. The minimum atomic E-state index is -4.74. The zero-order valence-corrected chi connectivity index (χ0v) is 15.2. The normalized spacial score (nSPS) is 26.6. The molecule has 17 heteroatoms. The second-order valence-corrected chi connectivity index (χ2v) is 7.40. The van der Waals surface area contributed by atoms with E-state index >= 15 is 0 Å². The topological polar surface area (TPSA) is 244 Å². The summed E-state index contributed by atoms with van der Waals surface area (Å²) in [5.74, 6) is 0.218. The van der Waals surface area contributed by atoms with Gasteiger partial charge >= 0.3 is 16.1 Å². The molecule has 2 aromatic rings. The fourth-order valence-corrected chi connectivity index (χ4v) is 3.08. The van der Waals surface area contributed by atoms with Crippen molar-refractivity contribution in [2.75, 3.05) is 12.3 Å². The minimum absolute atomic E-state index is 0.218. The molecule has 8 N–H and O–H groups in total. The van der Waals surface area contributed by atoms with E-state index in [9.17, 15) is 19.3 Å². The summed E-state index contributed by atoms with van der Waals surface area (Å²) in [4.78, 5) is 35.1. The van der Waals surface area contributed by atoms with Crippen molar-refractivity contribution in [3.8, 4) is 0 Å². The van der Waals surface area contributed by atoms with Gasteiger partial charge in [0, 0.05) is 0 Å². The van der Waals surface area contributed by atoms with Crippen LogP contribution >= 0.6 is 16.1 Å². The maximum atomic E-state index is 9.95. The number of phosphoric acid groups is 1. The fraction of sp³-hybridized carbons (Fsp3) is 0.500. The van der Waals surface area contributed by atoms with Crippen LogP contribution in [0.5, 0.6) is 0 Å². The van der Waals surface area contributed by atoms with Crippen LogP contribution in [0.15, 0.2) is 12.7 Å². The van der Waals surface area contributed by atoms with E-state index < -0.39 is 47.2 Å². The number of nitrogen functional groups attached to an aromatic ring is 1. The first-order chi connectivity index (χ1) is 12.5. The predicted octanol–water partition coefficient (Wildman–Crippen LogP) is -2.50. The Morgan fingerprint density at radius 3 is 2.44 bits per heavy atom. The third kappa shape index (κ3) is 5.27. The number of rotatable bonds is 4. The molecule has 1 aliphatic rings. The molecule has 2 aromatic heterocycles. The van der Waals surface area contributed by atoms with Gasteiger partial charge in [0.1, 0.15) is 30.2 Å². The van der Waals surface area contributed by atoms with Gasteiger partial charge in [-0.25, -0.2) is 23.8 Å². The lowest BCUT2D eigenvalue weighted by molar-refractivity contribution is -0.0511. The lowest BCUT2D eigenvalue weighted by Crippen LogP contribution is -2.33. The molecule has 1 aliphatic heterocycles. The molecule has 3 heterocycles. The number of aliphatic hydroxyl groups is 3. The monoisotopic (exact) mass is 429 g/mol. The fourth-order valence-electron chi connectivity index (χ4n) is 2.27. The first-order valence-corrected chi connectivity index (χ1v) is 9.88. The van der Waals surface area contributed by atoms with Crippen LogP contribution in [0, 0.1) is 0 Å². The highest BCUT2D eigenvalue weighted by atomic mass is 31.2. The van der Waals surface area contributed by atoms with E-state index in [-0.39, 0.29) is 5.82 Å². The van der Waals surface area contributed by atoms with Crippen molar-refractivity contribution in [1.29, 1.82) is 0 Å². The van der Waals surface area contributed by atoms with E-state index in [0.717, 1.165) is 0 Å². The maximum absolute atomic E-state index is 9.95. The van der Waals surface area contributed by atoms with Gasteiger partial charge in [0.2, 0.25) is 0 Å². The average Bonchev–Trinajstić information content (AvgIpc) is 3.09. The van der Waals surface area contributed by atoms with Gasteiger partial charge in [0.25, 0.3) is 0 Å². The van der Waals surface area contributed by atoms with Crippen molar-refractivity contribution in [3.63, 3.8) is 0 Å². The summed E-state index contributed by atoms with van der Waals surface area (Å²) in [7, 11) is -8.24. The number of aliphatic hydroxyl groups excluding tert-OH is 3. The van der Waals surface area contributed by atoms with Crippen LogP contribution < -0.4 is 5.73 Å². The molecule has 5 atom stereocenters. The van der Waals surface area contributed by atoms with E-state index in [1.807, 2.05) is 0 Å². The lowest BCUT2D eigenvalue weighted by Gasteiger charge is -2.16. The summed E-state index contributed by atoms with van der Waals surface area (Å²) in [5.41, 5.74) is 6.44. The molecule has 27 heavy (non-hydrogen) atoms. The van der Waals surface area contributed by atoms with Crippen molar-refractivity contribution >= 4 is 33.1 Å². The molecule has 0 saturated carbocycles. The first-order valence-electron chi connectivity index (χ1n) is 7.08. The molecule has 152 valence electrons. The molecule has 0 radical (unpaired) electrons. The van der Waals surface area contributed by atoms with Crippen molar-refractivity contribution in [1.82, 2.24) is 19.5 Å². The van der Waals surface area contributed by atoms with E-state index in [4.69, 9.17) is 30.3 Å². The van der Waals surface area contributed by atoms with Crippen molar-refractivity contribution < 1.29 is 48.2 Å². The largest absolute Gasteiger partial charge is 0.476 e. The van der Waals surface area contributed by atoms with E-state index in [2.05, 4.69) is 19.3 Å². The van der Waals surface area contributed by atoms with Crippen LogP contribution in [0.2, 0.25) is 0 Å². The van der Waals surface area contributed by atoms with Gasteiger partial charge in [-0.05, 0) is 0 Å². The van der Waals surface area contributed by atoms with Crippen LogP contribution in [0.4, 0.5) is 5.82 Å². The van der Waals surface area contributed by atoms with Crippen molar-refractivity contribution in [3.05, 3.63) is 12.7 Å². The highest BCUT2D eigenvalue weighted by Gasteiger charge is 2.43. The number of nitrogens with zero attached hydrogens (tertiary/aromatic N) is 4. The molecule has 15 nitrogen and oxygen atoms in total. The summed E-state index contributed by atoms with van der Waals surface area (Å²) in [6.07, 6.45) is -1.42. The van der Waals surface area contributed by atoms with Gasteiger partial charge in [-0.2, -0.15) is 0 Å². The number of anilines is 1. The molecule has 0 aliphatic carbocycles. The highest BCUT2D eigenvalue weighted by molar-refractivity contribution is 7.54. The lowest BCUT2D eigenvalue weighted by atomic mass is 10.1. The van der Waals surface area contributed by atoms with Crippen LogP contribution in [0.1, 0.15) is 6.23 Å². The van der Waals surface area contributed by atoms with Gasteiger partial charge in [-0.15, -0.1) is 0 Å². The molecule has 1 saturated heterocycles. The summed E-state index contributed by atoms with van der Waals surface area (Å²) < 4.78 is 29.1. The third-order valence-corrected chi connectivity index (χ3v) is 4.95. The van der Waals surface area contributed by atoms with E-state index in [1.54, 1.807) is 0 Å². The zero-order chi connectivity index (χ0) is 20.4. The molecular weight excluding hydrogens is 412 g/mol. The van der Waals surface area contributed by atoms with Crippen LogP contribution in [-0.4, -0.2) is 74.4 Å². The Hall–Kier alpha value is -1.51. The Kier molecular flexibility index (Phi) is 6.99. The van der Waals surface area contributed by atoms with E-state index in [1.165, 1.54) is 17.2 Å². The number of imidazole rings is 1. The van der Waals surface area contributed by atoms with Crippen LogP contribution in [-0.2, 0) is 18.2 Å².